The van der Waals surface area contributed by atoms with E-state index in [2.05, 4.69) is 14.9 Å². The molecule has 1 amide bonds. The molecule has 9 heteroatoms. The van der Waals surface area contributed by atoms with Gasteiger partial charge in [0.25, 0.3) is 0 Å². The Hall–Kier alpha value is -2.97. The number of likely N-dealkylation sites (tertiary alicyclic amines) is 2. The maximum absolute atomic E-state index is 13.2. The van der Waals surface area contributed by atoms with Gasteiger partial charge in [0.2, 0.25) is 5.91 Å². The van der Waals surface area contributed by atoms with Crippen LogP contribution in [-0.4, -0.2) is 64.3 Å². The van der Waals surface area contributed by atoms with E-state index in [1.807, 2.05) is 35.2 Å². The molecule has 0 N–H and O–H groups in total. The minimum absolute atomic E-state index is 0.0129. The summed E-state index contributed by atoms with van der Waals surface area (Å²) in [5.41, 5.74) is 1.39. The summed E-state index contributed by atoms with van der Waals surface area (Å²) in [5.74, 6) is 0.843. The van der Waals surface area contributed by atoms with Gasteiger partial charge < -0.3 is 14.7 Å². The predicted octanol–water partition coefficient (Wildman–Crippen LogP) is 4.16. The zero-order valence-corrected chi connectivity index (χ0v) is 23.8. The third-order valence-electron chi connectivity index (χ3n) is 7.31. The molecule has 8 nitrogen and oxygen atoms in total. The fourth-order valence-corrected chi connectivity index (χ4v) is 5.35. The largest absolute Gasteiger partial charge is 0.594 e. The van der Waals surface area contributed by atoms with Gasteiger partial charge in [-0.15, -0.1) is 0 Å². The van der Waals surface area contributed by atoms with Gasteiger partial charge in [-0.05, 0) is 74.2 Å². The van der Waals surface area contributed by atoms with Crippen molar-refractivity contribution in [2.24, 2.45) is 16.8 Å². The molecule has 2 aliphatic rings. The second kappa shape index (κ2) is 12.9. The third-order valence-corrected chi connectivity index (χ3v) is 7.56. The molecule has 1 aromatic carbocycles. The first-order valence-electron chi connectivity index (χ1n) is 13.7. The summed E-state index contributed by atoms with van der Waals surface area (Å²) >= 11 is 5.94. The number of halogens is 1. The van der Waals surface area contributed by atoms with E-state index < -0.39 is 11.7 Å². The Morgan fingerprint density at radius 3 is 2.28 bits per heavy atom. The van der Waals surface area contributed by atoms with Crippen LogP contribution < -0.4 is 5.11 Å². The van der Waals surface area contributed by atoms with E-state index in [0.717, 1.165) is 49.9 Å². The molecule has 210 valence electrons. The molecule has 39 heavy (non-hydrogen) atoms. The van der Waals surface area contributed by atoms with E-state index in [1.165, 1.54) is 0 Å². The van der Waals surface area contributed by atoms with E-state index in [-0.39, 0.29) is 23.5 Å². The van der Waals surface area contributed by atoms with Gasteiger partial charge in [-0.1, -0.05) is 44.5 Å². The van der Waals surface area contributed by atoms with Crippen LogP contribution >= 0.6 is 11.6 Å². The molecule has 2 aliphatic heterocycles. The number of pyridine rings is 1. The average Bonchev–Trinajstić information content (AvgIpc) is 2.89. The van der Waals surface area contributed by atoms with Gasteiger partial charge in [0.1, 0.15) is 5.78 Å². The van der Waals surface area contributed by atoms with E-state index >= 15 is 0 Å². The number of aromatic nitrogens is 1. The number of rotatable bonds is 7. The van der Waals surface area contributed by atoms with Crippen LogP contribution in [0.1, 0.15) is 57.6 Å². The smallest absolute Gasteiger partial charge is 0.225 e. The molecule has 0 unspecified atom stereocenters. The molecule has 3 heterocycles. The minimum atomic E-state index is -0.651. The first kappa shape index (κ1) is 29.0. The number of hydrogen-bond donors (Lipinski definition) is 0. The highest BCUT2D eigenvalue weighted by molar-refractivity contribution is 6.30. The summed E-state index contributed by atoms with van der Waals surface area (Å²) in [6.45, 7) is 9.06. The van der Waals surface area contributed by atoms with E-state index in [0.29, 0.717) is 36.9 Å². The minimum Gasteiger partial charge on any atom is -0.594 e. The number of nitrogens with zero attached hydrogens (tertiary/aromatic N) is 4. The SMILES string of the molecule is CC(C)(C)OC([O-])=Nc1cc(CN2CCC(C(=O)N3CCC(C(=O)Cc4ccc(Cl)cc4)CC3)CC2)ccn1. The van der Waals surface area contributed by atoms with Crippen LogP contribution in [0.3, 0.4) is 0 Å². The summed E-state index contributed by atoms with van der Waals surface area (Å²) in [6, 6.07) is 11.2. The summed E-state index contributed by atoms with van der Waals surface area (Å²) in [6.07, 6.45) is 4.51. The maximum atomic E-state index is 13.2. The van der Waals surface area contributed by atoms with E-state index in [9.17, 15) is 14.7 Å². The molecule has 0 saturated carbocycles. The number of Topliss-reactive ketones (excluding diaryl/α,β-unsaturated/α-hetero) is 1. The van der Waals surface area contributed by atoms with Crippen LogP contribution in [-0.2, 0) is 27.3 Å². The number of ether oxygens (including phenoxy) is 1. The number of carbonyl (C=O) groups is 2. The Morgan fingerprint density at radius 1 is 1.00 bits per heavy atom. The molecule has 0 spiro atoms. The van der Waals surface area contributed by atoms with Gasteiger partial charge in [0.15, 0.2) is 11.9 Å². The van der Waals surface area contributed by atoms with Crippen molar-refractivity contribution in [3.63, 3.8) is 0 Å². The van der Waals surface area contributed by atoms with E-state index in [1.54, 1.807) is 33.0 Å². The molecular formula is C30H38ClN4O4-. The first-order valence-corrected chi connectivity index (χ1v) is 14.1. The highest BCUT2D eigenvalue weighted by Crippen LogP contribution is 2.26. The highest BCUT2D eigenvalue weighted by Gasteiger charge is 2.32. The second-order valence-electron chi connectivity index (χ2n) is 11.5. The van der Waals surface area contributed by atoms with Gasteiger partial charge in [-0.25, -0.2) is 9.98 Å². The number of carbonyl (C=O) groups excluding carboxylic acids is 2. The standard InChI is InChI=1S/C30H39ClN4O4/c1-30(2,3)39-29(38)33-27-19-22(8-13-32-27)20-34-14-9-24(10-15-34)28(37)35-16-11-23(12-17-35)26(36)18-21-4-6-25(31)7-5-21/h4-8,13,19,23-24H,9-12,14-18,20H2,1-3H3,(H,32,33,38)/p-1. The van der Waals surface area contributed by atoms with Gasteiger partial charge >= 0.3 is 0 Å². The number of aliphatic imine (C=N–C) groups is 1. The van der Waals surface area contributed by atoms with Crippen molar-refractivity contribution in [2.45, 2.75) is 65.0 Å². The second-order valence-corrected chi connectivity index (χ2v) is 12.0. The fourth-order valence-electron chi connectivity index (χ4n) is 5.22. The number of hydrogen-bond acceptors (Lipinski definition) is 7. The first-order chi connectivity index (χ1) is 18.6. The number of benzene rings is 1. The van der Waals surface area contributed by atoms with Crippen LogP contribution in [0.2, 0.25) is 5.02 Å². The zero-order valence-electron chi connectivity index (χ0n) is 23.1. The monoisotopic (exact) mass is 553 g/mol. The van der Waals surface area contributed by atoms with Gasteiger partial charge in [0, 0.05) is 54.7 Å². The Bertz CT molecular complexity index is 1160. The highest BCUT2D eigenvalue weighted by atomic mass is 35.5. The zero-order chi connectivity index (χ0) is 28.0. The molecule has 0 radical (unpaired) electrons. The van der Waals surface area contributed by atoms with Gasteiger partial charge in [-0.2, -0.15) is 0 Å². The van der Waals surface area contributed by atoms with Crippen molar-refractivity contribution in [3.8, 4) is 0 Å². The molecule has 0 bridgehead atoms. The molecule has 2 fully saturated rings. The molecular weight excluding hydrogens is 516 g/mol. The summed E-state index contributed by atoms with van der Waals surface area (Å²) < 4.78 is 5.25. The van der Waals surface area contributed by atoms with Crippen LogP contribution in [0.25, 0.3) is 0 Å². The molecule has 1 aromatic heterocycles. The molecule has 0 aliphatic carbocycles. The molecule has 2 aromatic rings. The predicted molar refractivity (Wildman–Crippen MR) is 150 cm³/mol. The van der Waals surface area contributed by atoms with Crippen molar-refractivity contribution in [2.75, 3.05) is 26.2 Å². The summed E-state index contributed by atoms with van der Waals surface area (Å²) in [5, 5.41) is 12.7. The Labute approximate surface area is 236 Å². The van der Waals surface area contributed by atoms with Crippen molar-refractivity contribution in [1.82, 2.24) is 14.8 Å². The van der Waals surface area contributed by atoms with Crippen LogP contribution in [0.15, 0.2) is 47.6 Å². The van der Waals surface area contributed by atoms with E-state index in [4.69, 9.17) is 16.3 Å². The quantitative estimate of drug-likeness (QED) is 0.377. The van der Waals surface area contributed by atoms with Crippen molar-refractivity contribution >= 4 is 35.2 Å². The topological polar surface area (TPSA) is 98.2 Å². The van der Waals surface area contributed by atoms with Crippen molar-refractivity contribution in [3.05, 3.63) is 58.7 Å². The normalized spacial score (nSPS) is 18.3. The summed E-state index contributed by atoms with van der Waals surface area (Å²) in [4.78, 5) is 38.4. The lowest BCUT2D eigenvalue weighted by atomic mass is 9.88. The van der Waals surface area contributed by atoms with Gasteiger partial charge in [0.05, 0.1) is 0 Å². The fraction of sp³-hybridized carbons (Fsp3) is 0.533. The van der Waals surface area contributed by atoms with Crippen LogP contribution in [0.5, 0.6) is 0 Å². The molecule has 2 saturated heterocycles. The van der Waals surface area contributed by atoms with Crippen molar-refractivity contribution in [1.29, 1.82) is 0 Å². The number of amides is 1. The average molecular weight is 554 g/mol. The number of ketones is 1. The van der Waals surface area contributed by atoms with Gasteiger partial charge in [-0.3, -0.25) is 14.5 Å². The Balaban J connectivity index is 1.21. The van der Waals surface area contributed by atoms with Crippen molar-refractivity contribution < 1.29 is 19.4 Å². The maximum Gasteiger partial charge on any atom is 0.225 e. The summed E-state index contributed by atoms with van der Waals surface area (Å²) in [7, 11) is 0. The Kier molecular flexibility index (Phi) is 9.62. The lowest BCUT2D eigenvalue weighted by Gasteiger charge is -2.37. The van der Waals surface area contributed by atoms with Crippen LogP contribution in [0.4, 0.5) is 5.82 Å². The Morgan fingerprint density at radius 2 is 1.64 bits per heavy atom. The number of piperidine rings is 2. The molecule has 0 atom stereocenters. The van der Waals surface area contributed by atoms with Crippen LogP contribution in [0, 0.1) is 11.8 Å². The lowest BCUT2D eigenvalue weighted by molar-refractivity contribution is -0.259. The third kappa shape index (κ3) is 8.77. The lowest BCUT2D eigenvalue weighted by Crippen LogP contribution is -2.46. The molecule has 4 rings (SSSR count).